The van der Waals surface area contributed by atoms with Crippen molar-refractivity contribution < 1.29 is 22.4 Å². The fourth-order valence-electron chi connectivity index (χ4n) is 4.89. The molecule has 8 heteroatoms. The van der Waals surface area contributed by atoms with Gasteiger partial charge in [0.25, 0.3) is 5.91 Å². The van der Waals surface area contributed by atoms with Crippen LogP contribution in [0.4, 0.5) is 4.39 Å². The molecular weight excluding hydrogens is 503 g/mol. The molecule has 208 valence electrons. The van der Waals surface area contributed by atoms with Crippen LogP contribution in [0.2, 0.25) is 0 Å². The van der Waals surface area contributed by atoms with Gasteiger partial charge in [-0.1, -0.05) is 59.7 Å². The average Bonchev–Trinajstić information content (AvgIpc) is 2.81. The Morgan fingerprint density at radius 1 is 1.05 bits per heavy atom. The van der Waals surface area contributed by atoms with Crippen LogP contribution in [-0.4, -0.2) is 50.5 Å². The Morgan fingerprint density at radius 2 is 1.63 bits per heavy atom. The summed E-state index contributed by atoms with van der Waals surface area (Å²) in [5, 5.41) is 2.81. The maximum absolute atomic E-state index is 14.6. The first-order chi connectivity index (χ1) is 17.5. The van der Waals surface area contributed by atoms with E-state index < -0.39 is 27.6 Å². The fraction of sp³-hybridized carbons (Fsp3) is 0.533. The molecule has 0 radical (unpaired) electrons. The summed E-state index contributed by atoms with van der Waals surface area (Å²) in [7, 11) is -3.23. The lowest BCUT2D eigenvalue weighted by Crippen LogP contribution is -2.54. The Hall–Kier alpha value is -2.74. The molecule has 1 aliphatic heterocycles. The second-order valence-electron chi connectivity index (χ2n) is 12.4. The molecule has 1 N–H and O–H groups in total. The highest BCUT2D eigenvalue weighted by atomic mass is 32.2. The zero-order chi connectivity index (χ0) is 28.5. The highest BCUT2D eigenvalue weighted by Crippen LogP contribution is 2.35. The number of amides is 2. The fourth-order valence-corrected chi connectivity index (χ4v) is 5.52. The monoisotopic (exact) mass is 544 g/mol. The van der Waals surface area contributed by atoms with Gasteiger partial charge in [-0.15, -0.1) is 0 Å². The second-order valence-corrected chi connectivity index (χ2v) is 14.4. The van der Waals surface area contributed by atoms with E-state index in [1.165, 1.54) is 12.3 Å². The molecule has 1 fully saturated rings. The van der Waals surface area contributed by atoms with Crippen molar-refractivity contribution in [3.8, 4) is 0 Å². The lowest BCUT2D eigenvalue weighted by atomic mass is 9.75. The van der Waals surface area contributed by atoms with Gasteiger partial charge in [-0.05, 0) is 71.4 Å². The van der Waals surface area contributed by atoms with E-state index in [2.05, 4.69) is 12.2 Å². The van der Waals surface area contributed by atoms with E-state index in [-0.39, 0.29) is 28.2 Å². The van der Waals surface area contributed by atoms with Gasteiger partial charge in [0.1, 0.15) is 11.9 Å². The molecule has 1 heterocycles. The number of carbonyl (C=O) groups excluding carboxylic acids is 2. The van der Waals surface area contributed by atoms with Gasteiger partial charge in [-0.3, -0.25) is 9.59 Å². The highest BCUT2D eigenvalue weighted by Gasteiger charge is 2.36. The van der Waals surface area contributed by atoms with Gasteiger partial charge < -0.3 is 10.2 Å². The summed E-state index contributed by atoms with van der Waals surface area (Å²) in [6, 6.07) is 10.8. The van der Waals surface area contributed by atoms with Gasteiger partial charge >= 0.3 is 0 Å². The van der Waals surface area contributed by atoms with E-state index >= 15 is 0 Å². The number of halogens is 1. The first-order valence-corrected chi connectivity index (χ1v) is 15.1. The standard InChI is InChI=1S/C30H41FN2O4S/c1-20(2)26(32-27(34)24-18-22(29(3,4)5)10-13-25(24)31)28(35)33-16-14-30(6,15-17-33)19-21-8-11-23(12-9-21)38(7,36)37/h8-13,18,20,26H,14-17,19H2,1-7H3,(H,32,34)/t26-/m1/s1. The van der Waals surface area contributed by atoms with E-state index in [4.69, 9.17) is 0 Å². The molecule has 38 heavy (non-hydrogen) atoms. The summed E-state index contributed by atoms with van der Waals surface area (Å²) in [5.74, 6) is -1.51. The van der Waals surface area contributed by atoms with Crippen LogP contribution >= 0.6 is 0 Å². The Kier molecular flexibility index (Phi) is 8.76. The largest absolute Gasteiger partial charge is 0.341 e. The maximum Gasteiger partial charge on any atom is 0.254 e. The van der Waals surface area contributed by atoms with Crippen molar-refractivity contribution in [2.45, 2.75) is 77.2 Å². The minimum atomic E-state index is -3.23. The number of nitrogens with zero attached hydrogens (tertiary/aromatic N) is 1. The molecule has 6 nitrogen and oxygen atoms in total. The van der Waals surface area contributed by atoms with Crippen LogP contribution in [-0.2, 0) is 26.5 Å². The predicted molar refractivity (Wildman–Crippen MR) is 148 cm³/mol. The molecule has 0 bridgehead atoms. The number of piperidine rings is 1. The lowest BCUT2D eigenvalue weighted by Gasteiger charge is -2.41. The summed E-state index contributed by atoms with van der Waals surface area (Å²) in [5.41, 5.74) is 1.58. The zero-order valence-electron chi connectivity index (χ0n) is 23.6. The minimum absolute atomic E-state index is 0.0313. The van der Waals surface area contributed by atoms with Crippen LogP contribution in [0, 0.1) is 17.2 Å². The minimum Gasteiger partial charge on any atom is -0.341 e. The van der Waals surface area contributed by atoms with Crippen LogP contribution < -0.4 is 5.32 Å². The van der Waals surface area contributed by atoms with Gasteiger partial charge in [-0.25, -0.2) is 12.8 Å². The molecule has 1 saturated heterocycles. The summed E-state index contributed by atoms with van der Waals surface area (Å²) < 4.78 is 38.0. The van der Waals surface area contributed by atoms with Crippen molar-refractivity contribution in [2.75, 3.05) is 19.3 Å². The molecule has 1 aliphatic rings. The average molecular weight is 545 g/mol. The number of nitrogens with one attached hydrogen (secondary N) is 1. The third-order valence-electron chi connectivity index (χ3n) is 7.56. The third-order valence-corrected chi connectivity index (χ3v) is 8.69. The van der Waals surface area contributed by atoms with Crippen molar-refractivity contribution in [2.24, 2.45) is 11.3 Å². The normalized spacial score (nSPS) is 16.8. The predicted octanol–water partition coefficient (Wildman–Crippen LogP) is 5.15. The molecule has 2 aromatic carbocycles. The first kappa shape index (κ1) is 29.8. The molecule has 0 aromatic heterocycles. The van der Waals surface area contributed by atoms with Crippen molar-refractivity contribution in [3.63, 3.8) is 0 Å². The van der Waals surface area contributed by atoms with Gasteiger partial charge in [-0.2, -0.15) is 0 Å². The Balaban J connectivity index is 1.67. The summed E-state index contributed by atoms with van der Waals surface area (Å²) in [4.78, 5) is 28.7. The molecule has 0 spiro atoms. The highest BCUT2D eigenvalue weighted by molar-refractivity contribution is 7.90. The van der Waals surface area contributed by atoms with E-state index in [1.807, 2.05) is 46.8 Å². The number of hydrogen-bond acceptors (Lipinski definition) is 4. The Morgan fingerprint density at radius 3 is 2.13 bits per heavy atom. The summed E-state index contributed by atoms with van der Waals surface area (Å²) in [6.07, 6.45) is 3.55. The van der Waals surface area contributed by atoms with Crippen molar-refractivity contribution in [1.82, 2.24) is 10.2 Å². The molecule has 0 aliphatic carbocycles. The second kappa shape index (κ2) is 11.2. The van der Waals surface area contributed by atoms with Crippen LogP contribution in [0.5, 0.6) is 0 Å². The van der Waals surface area contributed by atoms with E-state index in [1.54, 1.807) is 29.2 Å². The smallest absolute Gasteiger partial charge is 0.254 e. The zero-order valence-corrected chi connectivity index (χ0v) is 24.4. The van der Waals surface area contributed by atoms with E-state index in [9.17, 15) is 22.4 Å². The lowest BCUT2D eigenvalue weighted by molar-refractivity contribution is -0.136. The molecule has 1 atom stereocenters. The Labute approximate surface area is 226 Å². The molecule has 2 aromatic rings. The number of sulfone groups is 1. The van der Waals surface area contributed by atoms with Gasteiger partial charge in [0.2, 0.25) is 5.91 Å². The molecular formula is C30H41FN2O4S. The van der Waals surface area contributed by atoms with Gasteiger partial charge in [0, 0.05) is 19.3 Å². The Bertz CT molecular complexity index is 1270. The van der Waals surface area contributed by atoms with Gasteiger partial charge in [0.15, 0.2) is 9.84 Å². The molecule has 0 saturated carbocycles. The molecule has 0 unspecified atom stereocenters. The molecule has 3 rings (SSSR count). The summed E-state index contributed by atoms with van der Waals surface area (Å²) in [6.45, 7) is 13.0. The van der Waals surface area contributed by atoms with E-state index in [0.717, 1.165) is 30.4 Å². The van der Waals surface area contributed by atoms with Crippen molar-refractivity contribution in [3.05, 3.63) is 65.0 Å². The van der Waals surface area contributed by atoms with E-state index in [0.29, 0.717) is 18.0 Å². The van der Waals surface area contributed by atoms with Crippen LogP contribution in [0.25, 0.3) is 0 Å². The number of likely N-dealkylation sites (tertiary alicyclic amines) is 1. The maximum atomic E-state index is 14.6. The van der Waals surface area contributed by atoms with Crippen molar-refractivity contribution >= 4 is 21.7 Å². The quantitative estimate of drug-likeness (QED) is 0.522. The van der Waals surface area contributed by atoms with Crippen LogP contribution in [0.3, 0.4) is 0 Å². The van der Waals surface area contributed by atoms with Crippen LogP contribution in [0.1, 0.15) is 75.9 Å². The summed E-state index contributed by atoms with van der Waals surface area (Å²) >= 11 is 0. The number of hydrogen-bond donors (Lipinski definition) is 1. The first-order valence-electron chi connectivity index (χ1n) is 13.2. The number of benzene rings is 2. The van der Waals surface area contributed by atoms with Gasteiger partial charge in [0.05, 0.1) is 10.5 Å². The van der Waals surface area contributed by atoms with Crippen molar-refractivity contribution in [1.29, 1.82) is 0 Å². The van der Waals surface area contributed by atoms with Crippen LogP contribution in [0.15, 0.2) is 47.4 Å². The third kappa shape index (κ3) is 7.22. The molecule has 2 amide bonds. The SMILES string of the molecule is CC(C)[C@@H](NC(=O)c1cc(C(C)(C)C)ccc1F)C(=O)N1CCC(C)(Cc2ccc(S(C)(=O)=O)cc2)CC1. The number of carbonyl (C=O) groups is 2. The number of rotatable bonds is 7. The topological polar surface area (TPSA) is 83.6 Å².